The number of hydrogen-bond donors (Lipinski definition) is 2. The molecule has 0 aromatic heterocycles. The maximum atomic E-state index is 13.5. The minimum atomic E-state index is -3.95. The van der Waals surface area contributed by atoms with Crippen LogP contribution in [0.1, 0.15) is 18.1 Å². The van der Waals surface area contributed by atoms with E-state index in [9.17, 15) is 26.8 Å². The first-order valence-corrected chi connectivity index (χ1v) is 15.5. The summed E-state index contributed by atoms with van der Waals surface area (Å²) in [5.74, 6) is -0.850. The highest BCUT2D eigenvalue weighted by molar-refractivity contribution is 7.92. The number of ether oxygens (including phenoxy) is 2. The molecule has 0 aliphatic heterocycles. The van der Waals surface area contributed by atoms with Gasteiger partial charge < -0.3 is 19.7 Å². The number of anilines is 1. The van der Waals surface area contributed by atoms with Gasteiger partial charge in [-0.25, -0.2) is 17.2 Å². The van der Waals surface area contributed by atoms with Crippen LogP contribution in [0.15, 0.2) is 102 Å². The smallest absolute Gasteiger partial charge is 0.261 e. The molecule has 2 amide bonds. The van der Waals surface area contributed by atoms with E-state index in [1.165, 1.54) is 65.6 Å². The normalized spacial score (nSPS) is 11.7. The molecule has 236 valence electrons. The number of methoxy groups -OCH3 is 1. The van der Waals surface area contributed by atoms with Crippen LogP contribution in [-0.2, 0) is 32.6 Å². The summed E-state index contributed by atoms with van der Waals surface area (Å²) in [5.41, 5.74) is 1.81. The Balaban J connectivity index is 1.38. The van der Waals surface area contributed by atoms with Gasteiger partial charge in [-0.1, -0.05) is 24.3 Å². The SMILES string of the molecule is COc1ccc(CCNC(=O)[C@H](C)N(Cc2ccc(F)cc2)C(=O)COc2ccc(S(=O)(=O)Nc3ccc(F)cc3)cc2)cc1. The summed E-state index contributed by atoms with van der Waals surface area (Å²) in [6.45, 7) is 1.53. The van der Waals surface area contributed by atoms with Crippen molar-refractivity contribution in [3.63, 3.8) is 0 Å². The molecule has 45 heavy (non-hydrogen) atoms. The van der Waals surface area contributed by atoms with Gasteiger partial charge in [-0.2, -0.15) is 0 Å². The van der Waals surface area contributed by atoms with Crippen LogP contribution in [0.3, 0.4) is 0 Å². The molecule has 0 heterocycles. The maximum absolute atomic E-state index is 13.5. The molecule has 4 aromatic rings. The Morgan fingerprint density at radius 1 is 0.800 bits per heavy atom. The van der Waals surface area contributed by atoms with E-state index < -0.39 is 40.2 Å². The summed E-state index contributed by atoms with van der Waals surface area (Å²) < 4.78 is 65.2. The predicted octanol–water partition coefficient (Wildman–Crippen LogP) is 4.93. The van der Waals surface area contributed by atoms with Gasteiger partial charge in [-0.05, 0) is 97.3 Å². The second-order valence-corrected chi connectivity index (χ2v) is 11.8. The van der Waals surface area contributed by atoms with Crippen LogP contribution < -0.4 is 19.5 Å². The standard InChI is InChI=1S/C33H33F2N3O6S/c1-23(33(40)36-20-19-24-5-13-29(43-2)14-6-24)38(21-25-3-7-26(34)8-4-25)32(39)22-44-30-15-17-31(18-16-30)45(41,42)37-28-11-9-27(35)10-12-28/h3-18,23,37H,19-22H2,1-2H3,(H,36,40)/t23-/m0/s1. The third-order valence-electron chi connectivity index (χ3n) is 6.90. The Kier molecular flexibility index (Phi) is 11.1. The van der Waals surface area contributed by atoms with Crippen LogP contribution >= 0.6 is 0 Å². The Hall–Kier alpha value is -4.97. The van der Waals surface area contributed by atoms with E-state index >= 15 is 0 Å². The quantitative estimate of drug-likeness (QED) is 0.203. The van der Waals surface area contributed by atoms with E-state index in [0.29, 0.717) is 18.5 Å². The monoisotopic (exact) mass is 637 g/mol. The molecule has 0 unspecified atom stereocenters. The van der Waals surface area contributed by atoms with Crippen molar-refractivity contribution in [3.8, 4) is 11.5 Å². The van der Waals surface area contributed by atoms with Crippen LogP contribution in [-0.4, -0.2) is 51.4 Å². The fourth-order valence-corrected chi connectivity index (χ4v) is 5.37. The van der Waals surface area contributed by atoms with Gasteiger partial charge >= 0.3 is 0 Å². The molecule has 4 rings (SSSR count). The lowest BCUT2D eigenvalue weighted by molar-refractivity contribution is -0.142. The fourth-order valence-electron chi connectivity index (χ4n) is 4.31. The first-order valence-electron chi connectivity index (χ1n) is 14.0. The molecular weight excluding hydrogens is 604 g/mol. The number of sulfonamides is 1. The van der Waals surface area contributed by atoms with Gasteiger partial charge in [-0.3, -0.25) is 14.3 Å². The Labute approximate surface area is 260 Å². The zero-order valence-electron chi connectivity index (χ0n) is 24.7. The third kappa shape index (κ3) is 9.51. The first-order chi connectivity index (χ1) is 21.5. The number of carbonyl (C=O) groups excluding carboxylic acids is 2. The van der Waals surface area contributed by atoms with Gasteiger partial charge in [-0.15, -0.1) is 0 Å². The number of hydrogen-bond acceptors (Lipinski definition) is 6. The van der Waals surface area contributed by atoms with Gasteiger partial charge in [0.15, 0.2) is 6.61 Å². The molecule has 12 heteroatoms. The molecule has 9 nitrogen and oxygen atoms in total. The molecule has 0 radical (unpaired) electrons. The van der Waals surface area contributed by atoms with Crippen molar-refractivity contribution in [2.24, 2.45) is 0 Å². The highest BCUT2D eigenvalue weighted by Gasteiger charge is 2.26. The molecule has 0 bridgehead atoms. The predicted molar refractivity (Wildman–Crippen MR) is 165 cm³/mol. The summed E-state index contributed by atoms with van der Waals surface area (Å²) in [7, 11) is -2.37. The summed E-state index contributed by atoms with van der Waals surface area (Å²) in [4.78, 5) is 27.7. The number of halogens is 2. The average molecular weight is 638 g/mol. The van der Waals surface area contributed by atoms with Crippen molar-refractivity contribution in [1.82, 2.24) is 10.2 Å². The minimum absolute atomic E-state index is 0.0295. The van der Waals surface area contributed by atoms with Crippen LogP contribution in [0, 0.1) is 11.6 Å². The van der Waals surface area contributed by atoms with Gasteiger partial charge in [0.25, 0.3) is 15.9 Å². The number of nitrogens with one attached hydrogen (secondary N) is 2. The second-order valence-electron chi connectivity index (χ2n) is 10.1. The van der Waals surface area contributed by atoms with E-state index in [-0.39, 0.29) is 28.8 Å². The molecule has 0 saturated carbocycles. The summed E-state index contributed by atoms with van der Waals surface area (Å²) in [5, 5.41) is 2.86. The Morgan fingerprint density at radius 3 is 1.96 bits per heavy atom. The van der Waals surface area contributed by atoms with Crippen LogP contribution in [0.25, 0.3) is 0 Å². The van der Waals surface area contributed by atoms with E-state index in [1.54, 1.807) is 14.0 Å². The lowest BCUT2D eigenvalue weighted by Gasteiger charge is -2.28. The lowest BCUT2D eigenvalue weighted by atomic mass is 10.1. The van der Waals surface area contributed by atoms with Crippen molar-refractivity contribution in [2.45, 2.75) is 30.8 Å². The highest BCUT2D eigenvalue weighted by Crippen LogP contribution is 2.20. The molecular formula is C33H33F2N3O6S. The van der Waals surface area contributed by atoms with Crippen LogP contribution in [0.4, 0.5) is 14.5 Å². The average Bonchev–Trinajstić information content (AvgIpc) is 3.04. The maximum Gasteiger partial charge on any atom is 0.261 e. The first kappa shape index (κ1) is 32.9. The molecule has 0 spiro atoms. The van der Waals surface area contributed by atoms with Gasteiger partial charge in [0.1, 0.15) is 29.2 Å². The fraction of sp³-hybridized carbons (Fsp3) is 0.212. The van der Waals surface area contributed by atoms with Crippen molar-refractivity contribution in [2.75, 3.05) is 25.0 Å². The lowest BCUT2D eigenvalue weighted by Crippen LogP contribution is -2.49. The topological polar surface area (TPSA) is 114 Å². The van der Waals surface area contributed by atoms with Crippen molar-refractivity contribution in [3.05, 3.63) is 120 Å². The molecule has 1 atom stereocenters. The molecule has 2 N–H and O–H groups in total. The molecule has 0 saturated heterocycles. The number of amides is 2. The second kappa shape index (κ2) is 15.2. The van der Waals surface area contributed by atoms with Gasteiger partial charge in [0.05, 0.1) is 12.0 Å². The highest BCUT2D eigenvalue weighted by atomic mass is 32.2. The Bertz CT molecular complexity index is 1680. The minimum Gasteiger partial charge on any atom is -0.497 e. The number of rotatable bonds is 14. The van der Waals surface area contributed by atoms with E-state index in [2.05, 4.69) is 10.0 Å². The summed E-state index contributed by atoms with van der Waals surface area (Å²) in [6, 6.07) is 22.5. The van der Waals surface area contributed by atoms with Crippen molar-refractivity contribution >= 4 is 27.5 Å². The molecule has 0 aliphatic rings. The molecule has 0 aliphatic carbocycles. The number of benzene rings is 4. The van der Waals surface area contributed by atoms with E-state index in [4.69, 9.17) is 9.47 Å². The molecule has 0 fully saturated rings. The van der Waals surface area contributed by atoms with Gasteiger partial charge in [0, 0.05) is 18.8 Å². The van der Waals surface area contributed by atoms with E-state index in [0.717, 1.165) is 23.4 Å². The van der Waals surface area contributed by atoms with Crippen LogP contribution in [0.5, 0.6) is 11.5 Å². The van der Waals surface area contributed by atoms with Crippen molar-refractivity contribution < 1.29 is 36.3 Å². The zero-order valence-corrected chi connectivity index (χ0v) is 25.5. The zero-order chi connectivity index (χ0) is 32.4. The summed E-state index contributed by atoms with van der Waals surface area (Å²) in [6.07, 6.45) is 0.572. The largest absolute Gasteiger partial charge is 0.497 e. The third-order valence-corrected chi connectivity index (χ3v) is 8.30. The summed E-state index contributed by atoms with van der Waals surface area (Å²) >= 11 is 0. The van der Waals surface area contributed by atoms with Crippen molar-refractivity contribution in [1.29, 1.82) is 0 Å². The number of carbonyl (C=O) groups is 2. The number of nitrogens with zero attached hydrogens (tertiary/aromatic N) is 1. The van der Waals surface area contributed by atoms with E-state index in [1.807, 2.05) is 24.3 Å². The van der Waals surface area contributed by atoms with Gasteiger partial charge in [0.2, 0.25) is 5.91 Å². The Morgan fingerprint density at radius 2 is 1.36 bits per heavy atom. The van der Waals surface area contributed by atoms with Crippen LogP contribution in [0.2, 0.25) is 0 Å². The molecule has 4 aromatic carbocycles.